The summed E-state index contributed by atoms with van der Waals surface area (Å²) >= 11 is 3.60. The highest BCUT2D eigenvalue weighted by molar-refractivity contribution is 9.10. The van der Waals surface area contributed by atoms with Crippen LogP contribution < -0.4 is 10.5 Å². The van der Waals surface area contributed by atoms with Crippen LogP contribution in [0.5, 0.6) is 5.75 Å². The van der Waals surface area contributed by atoms with Gasteiger partial charge in [0.15, 0.2) is 0 Å². The normalized spacial score (nSPS) is 15.7. The molecule has 1 aliphatic rings. The molecule has 2 N–H and O–H groups in total. The zero-order valence-electron chi connectivity index (χ0n) is 11.4. The molecule has 0 amide bonds. The fourth-order valence-electron chi connectivity index (χ4n) is 2.99. The number of rotatable bonds is 3. The van der Waals surface area contributed by atoms with E-state index in [9.17, 15) is 0 Å². The van der Waals surface area contributed by atoms with Gasteiger partial charge in [0, 0.05) is 0 Å². The number of aromatic nitrogens is 1. The van der Waals surface area contributed by atoms with E-state index in [-0.39, 0.29) is 0 Å². The lowest BCUT2D eigenvalue weighted by atomic mass is 9.93. The Bertz CT molecular complexity index is 618. The number of nitrogen functional groups attached to an aromatic ring is 1. The number of hydrogen-bond donors (Lipinski definition) is 1. The molecule has 0 aliphatic heterocycles. The molecule has 0 unspecified atom stereocenters. The van der Waals surface area contributed by atoms with Crippen LogP contribution in [0.1, 0.15) is 37.2 Å². The molecule has 2 aromatic rings. The van der Waals surface area contributed by atoms with Crippen molar-refractivity contribution in [2.24, 2.45) is 0 Å². The summed E-state index contributed by atoms with van der Waals surface area (Å²) in [6.07, 6.45) is 6.65. The van der Waals surface area contributed by atoms with Crippen molar-refractivity contribution in [3.05, 3.63) is 28.4 Å². The van der Waals surface area contributed by atoms with Crippen molar-refractivity contribution in [1.29, 1.82) is 0 Å². The van der Waals surface area contributed by atoms with Crippen LogP contribution in [-0.2, 0) is 0 Å². The van der Waals surface area contributed by atoms with Gasteiger partial charge in [-0.25, -0.2) is 0 Å². The summed E-state index contributed by atoms with van der Waals surface area (Å²) in [5, 5.41) is 3.75. The number of nitrogens with zero attached hydrogens (tertiary/aromatic N) is 1. The van der Waals surface area contributed by atoms with Crippen LogP contribution in [0.4, 0.5) is 5.88 Å². The number of halogens is 1. The van der Waals surface area contributed by atoms with Crippen LogP contribution in [0.25, 0.3) is 11.1 Å². The zero-order chi connectivity index (χ0) is 14.1. The molecule has 1 heterocycles. The minimum absolute atomic E-state index is 0.347. The molecule has 1 saturated carbocycles. The van der Waals surface area contributed by atoms with Crippen LogP contribution in [0.3, 0.4) is 0 Å². The first kappa shape index (κ1) is 13.5. The standard InChI is InChI=1S/C15H17BrN2O2/c1-19-14-11(9-4-2-3-5-9)6-10(7-13(14)16)12-8-18-20-15(12)17/h6-9H,2-5,17H2,1H3. The average molecular weight is 337 g/mol. The van der Waals surface area contributed by atoms with E-state index in [2.05, 4.69) is 27.2 Å². The summed E-state index contributed by atoms with van der Waals surface area (Å²) in [6, 6.07) is 4.16. The van der Waals surface area contributed by atoms with Crippen molar-refractivity contribution in [2.75, 3.05) is 12.8 Å². The van der Waals surface area contributed by atoms with Gasteiger partial charge in [0.05, 0.1) is 23.3 Å². The molecular weight excluding hydrogens is 320 g/mol. The maximum Gasteiger partial charge on any atom is 0.229 e. The first-order valence-corrected chi connectivity index (χ1v) is 7.58. The molecule has 106 valence electrons. The Morgan fingerprint density at radius 1 is 1.35 bits per heavy atom. The first-order valence-electron chi connectivity index (χ1n) is 6.78. The average Bonchev–Trinajstić information content (AvgIpc) is 3.08. The molecule has 1 aromatic heterocycles. The number of methoxy groups -OCH3 is 1. The van der Waals surface area contributed by atoms with Crippen LogP contribution in [0, 0.1) is 0 Å². The monoisotopic (exact) mass is 336 g/mol. The Morgan fingerprint density at radius 3 is 2.70 bits per heavy atom. The van der Waals surface area contributed by atoms with Gasteiger partial charge in [-0.3, -0.25) is 0 Å². The van der Waals surface area contributed by atoms with Crippen molar-refractivity contribution < 1.29 is 9.26 Å². The third-order valence-corrected chi connectivity index (χ3v) is 4.57. The molecule has 5 heteroatoms. The number of nitrogens with two attached hydrogens (primary N) is 1. The van der Waals surface area contributed by atoms with Gasteiger partial charge >= 0.3 is 0 Å². The van der Waals surface area contributed by atoms with E-state index in [0.717, 1.165) is 21.3 Å². The quantitative estimate of drug-likeness (QED) is 0.904. The minimum Gasteiger partial charge on any atom is -0.495 e. The molecule has 4 nitrogen and oxygen atoms in total. The Labute approximate surface area is 126 Å². The Balaban J connectivity index is 2.11. The van der Waals surface area contributed by atoms with Gasteiger partial charge in [0.1, 0.15) is 5.75 Å². The van der Waals surface area contributed by atoms with Crippen LogP contribution in [-0.4, -0.2) is 12.3 Å². The predicted molar refractivity (Wildman–Crippen MR) is 81.8 cm³/mol. The highest BCUT2D eigenvalue weighted by atomic mass is 79.9. The molecule has 3 rings (SSSR count). The maximum atomic E-state index is 5.82. The van der Waals surface area contributed by atoms with Crippen molar-refractivity contribution in [1.82, 2.24) is 5.16 Å². The molecule has 1 fully saturated rings. The molecule has 0 bridgehead atoms. The molecular formula is C15H17BrN2O2. The lowest BCUT2D eigenvalue weighted by Gasteiger charge is -2.17. The molecule has 1 aromatic carbocycles. The van der Waals surface area contributed by atoms with E-state index in [1.54, 1.807) is 13.3 Å². The van der Waals surface area contributed by atoms with Gasteiger partial charge in [-0.15, -0.1) is 0 Å². The molecule has 1 aliphatic carbocycles. The van der Waals surface area contributed by atoms with Crippen LogP contribution >= 0.6 is 15.9 Å². The van der Waals surface area contributed by atoms with E-state index < -0.39 is 0 Å². The number of benzene rings is 1. The van der Waals surface area contributed by atoms with Crippen molar-refractivity contribution >= 4 is 21.8 Å². The summed E-state index contributed by atoms with van der Waals surface area (Å²) in [4.78, 5) is 0. The lowest BCUT2D eigenvalue weighted by Crippen LogP contribution is -1.99. The lowest BCUT2D eigenvalue weighted by molar-refractivity contribution is 0.403. The fraction of sp³-hybridized carbons (Fsp3) is 0.400. The van der Waals surface area contributed by atoms with E-state index in [0.29, 0.717) is 11.8 Å². The molecule has 0 saturated heterocycles. The van der Waals surface area contributed by atoms with Crippen LogP contribution in [0.15, 0.2) is 27.3 Å². The Kier molecular flexibility index (Phi) is 3.70. The summed E-state index contributed by atoms with van der Waals surface area (Å²) in [7, 11) is 1.71. The van der Waals surface area contributed by atoms with Crippen molar-refractivity contribution in [3.8, 4) is 16.9 Å². The van der Waals surface area contributed by atoms with Gasteiger partial charge in [0.2, 0.25) is 5.88 Å². The first-order chi connectivity index (χ1) is 9.70. The second-order valence-electron chi connectivity index (χ2n) is 5.17. The number of ether oxygens (including phenoxy) is 1. The largest absolute Gasteiger partial charge is 0.495 e. The second-order valence-corrected chi connectivity index (χ2v) is 6.02. The minimum atomic E-state index is 0.347. The second kappa shape index (κ2) is 5.48. The molecule has 0 radical (unpaired) electrons. The SMILES string of the molecule is COc1c(Br)cc(-c2cnoc2N)cc1C1CCCC1. The van der Waals surface area contributed by atoms with E-state index >= 15 is 0 Å². The van der Waals surface area contributed by atoms with E-state index in [4.69, 9.17) is 15.0 Å². The van der Waals surface area contributed by atoms with Gasteiger partial charge < -0.3 is 15.0 Å². The third kappa shape index (κ3) is 2.30. The zero-order valence-corrected chi connectivity index (χ0v) is 12.9. The Morgan fingerprint density at radius 2 is 2.10 bits per heavy atom. The van der Waals surface area contributed by atoms with Crippen molar-refractivity contribution in [2.45, 2.75) is 31.6 Å². The van der Waals surface area contributed by atoms with Gasteiger partial charge in [-0.2, -0.15) is 0 Å². The van der Waals surface area contributed by atoms with E-state index in [1.807, 2.05) is 6.07 Å². The topological polar surface area (TPSA) is 61.3 Å². The van der Waals surface area contributed by atoms with Gasteiger partial charge in [-0.1, -0.05) is 18.0 Å². The Hall–Kier alpha value is -1.49. The number of anilines is 1. The fourth-order valence-corrected chi connectivity index (χ4v) is 3.63. The van der Waals surface area contributed by atoms with E-state index in [1.165, 1.54) is 31.2 Å². The van der Waals surface area contributed by atoms with Crippen molar-refractivity contribution in [3.63, 3.8) is 0 Å². The summed E-state index contributed by atoms with van der Waals surface area (Å²) < 4.78 is 11.5. The van der Waals surface area contributed by atoms with Crippen LogP contribution in [0.2, 0.25) is 0 Å². The highest BCUT2D eigenvalue weighted by Gasteiger charge is 2.23. The highest BCUT2D eigenvalue weighted by Crippen LogP contribution is 2.44. The maximum absolute atomic E-state index is 5.82. The van der Waals surface area contributed by atoms with Gasteiger partial charge in [-0.05, 0) is 57.9 Å². The summed E-state index contributed by atoms with van der Waals surface area (Å²) in [6.45, 7) is 0. The predicted octanol–water partition coefficient (Wildman–Crippen LogP) is 4.35. The summed E-state index contributed by atoms with van der Waals surface area (Å²) in [5.41, 5.74) is 8.91. The molecule has 0 spiro atoms. The molecule has 20 heavy (non-hydrogen) atoms. The smallest absolute Gasteiger partial charge is 0.229 e. The number of hydrogen-bond acceptors (Lipinski definition) is 4. The third-order valence-electron chi connectivity index (χ3n) is 3.98. The summed E-state index contributed by atoms with van der Waals surface area (Å²) in [5.74, 6) is 1.83. The molecule has 0 atom stereocenters. The van der Waals surface area contributed by atoms with Gasteiger partial charge in [0.25, 0.3) is 0 Å².